The molecule has 0 spiro atoms. The molecule has 0 bridgehead atoms. The summed E-state index contributed by atoms with van der Waals surface area (Å²) in [5.41, 5.74) is 7.00. The second kappa shape index (κ2) is 10.8. The molecule has 4 aromatic rings. The third kappa shape index (κ3) is 5.65. The molecule has 0 saturated carbocycles. The smallest absolute Gasteiger partial charge is 0.258 e. The molecule has 0 atom stereocenters. The average Bonchev–Trinajstić information content (AvgIpc) is 2.91. The maximum atomic E-state index is 13.8. The van der Waals surface area contributed by atoms with Crippen LogP contribution >= 0.6 is 0 Å². The van der Waals surface area contributed by atoms with Gasteiger partial charge in [0, 0.05) is 49.9 Å². The summed E-state index contributed by atoms with van der Waals surface area (Å²) in [6.45, 7) is 4.44. The number of amides is 1. The Kier molecular flexibility index (Phi) is 7.19. The van der Waals surface area contributed by atoms with Crippen molar-refractivity contribution in [3.63, 3.8) is 0 Å². The van der Waals surface area contributed by atoms with Crippen LogP contribution in [0.3, 0.4) is 0 Å². The number of nitrogens with one attached hydrogen (secondary N) is 1. The molecule has 0 aliphatic carbocycles. The molecular formula is C31H31N3O3. The summed E-state index contributed by atoms with van der Waals surface area (Å²) in [6.07, 6.45) is 0.799. The minimum Gasteiger partial charge on any atom is -0.497 e. The van der Waals surface area contributed by atoms with Gasteiger partial charge in [-0.1, -0.05) is 54.6 Å². The molecule has 0 unspecified atom stereocenters. The molecule has 1 N–H and O–H groups in total. The first-order valence-corrected chi connectivity index (χ1v) is 12.5. The summed E-state index contributed by atoms with van der Waals surface area (Å²) in [6, 6.07) is 27.9. The number of ether oxygens (including phenoxy) is 1. The van der Waals surface area contributed by atoms with Crippen molar-refractivity contribution in [2.75, 3.05) is 19.0 Å². The van der Waals surface area contributed by atoms with Gasteiger partial charge in [0.05, 0.1) is 13.7 Å². The van der Waals surface area contributed by atoms with Crippen LogP contribution in [-0.2, 0) is 30.8 Å². The molecule has 0 fully saturated rings. The Balaban J connectivity index is 1.47. The van der Waals surface area contributed by atoms with E-state index in [1.165, 1.54) is 18.1 Å². The van der Waals surface area contributed by atoms with E-state index >= 15 is 0 Å². The molecule has 1 amide bonds. The number of nitrogens with zero attached hydrogens (tertiary/aromatic N) is 2. The molecule has 2 heterocycles. The summed E-state index contributed by atoms with van der Waals surface area (Å²) in [5.74, 6) is 0.712. The second-order valence-corrected chi connectivity index (χ2v) is 9.48. The lowest BCUT2D eigenvalue weighted by molar-refractivity contribution is -0.114. The number of anilines is 1. The molecule has 3 aromatic carbocycles. The van der Waals surface area contributed by atoms with Crippen LogP contribution < -0.4 is 15.6 Å². The Morgan fingerprint density at radius 2 is 1.70 bits per heavy atom. The number of methoxy groups -OCH3 is 1. The normalized spacial score (nSPS) is 13.1. The summed E-state index contributed by atoms with van der Waals surface area (Å²) in [4.78, 5) is 27.5. The minimum atomic E-state index is -0.0744. The van der Waals surface area contributed by atoms with E-state index in [1.807, 2.05) is 71.3 Å². The van der Waals surface area contributed by atoms with Gasteiger partial charge in [0.1, 0.15) is 5.75 Å². The van der Waals surface area contributed by atoms with Crippen molar-refractivity contribution >= 4 is 11.6 Å². The van der Waals surface area contributed by atoms with E-state index in [2.05, 4.69) is 28.4 Å². The number of aromatic nitrogens is 1. The third-order valence-electron chi connectivity index (χ3n) is 6.79. The van der Waals surface area contributed by atoms with Gasteiger partial charge in [-0.3, -0.25) is 14.5 Å². The van der Waals surface area contributed by atoms with Gasteiger partial charge in [-0.15, -0.1) is 0 Å². The van der Waals surface area contributed by atoms with Gasteiger partial charge >= 0.3 is 0 Å². The van der Waals surface area contributed by atoms with Gasteiger partial charge in [-0.25, -0.2) is 0 Å². The molecule has 1 aliphatic rings. The van der Waals surface area contributed by atoms with Gasteiger partial charge in [-0.05, 0) is 52.6 Å². The molecular weight excluding hydrogens is 462 g/mol. The average molecular weight is 494 g/mol. The summed E-state index contributed by atoms with van der Waals surface area (Å²) in [5, 5.41) is 2.82. The number of fused-ring (bicyclic) bond motifs is 1. The number of rotatable bonds is 7. The van der Waals surface area contributed by atoms with Gasteiger partial charge in [-0.2, -0.15) is 0 Å². The molecule has 5 rings (SSSR count). The maximum absolute atomic E-state index is 13.8. The van der Waals surface area contributed by atoms with Crippen molar-refractivity contribution in [3.05, 3.63) is 118 Å². The predicted molar refractivity (Wildman–Crippen MR) is 147 cm³/mol. The Morgan fingerprint density at radius 1 is 0.919 bits per heavy atom. The highest BCUT2D eigenvalue weighted by molar-refractivity contribution is 5.88. The first-order valence-electron chi connectivity index (χ1n) is 12.5. The van der Waals surface area contributed by atoms with Crippen LogP contribution in [0, 0.1) is 0 Å². The van der Waals surface area contributed by atoms with Crippen molar-refractivity contribution in [1.29, 1.82) is 0 Å². The van der Waals surface area contributed by atoms with E-state index in [0.29, 0.717) is 6.54 Å². The predicted octanol–water partition coefficient (Wildman–Crippen LogP) is 5.09. The molecule has 1 aliphatic heterocycles. The van der Waals surface area contributed by atoms with Crippen molar-refractivity contribution in [3.8, 4) is 16.9 Å². The highest BCUT2D eigenvalue weighted by Crippen LogP contribution is 2.26. The lowest BCUT2D eigenvalue weighted by atomic mass is 9.98. The second-order valence-electron chi connectivity index (χ2n) is 9.48. The van der Waals surface area contributed by atoms with E-state index < -0.39 is 0 Å². The van der Waals surface area contributed by atoms with Gasteiger partial charge < -0.3 is 14.6 Å². The number of pyridine rings is 1. The molecule has 37 heavy (non-hydrogen) atoms. The number of hydrogen-bond acceptors (Lipinski definition) is 4. The van der Waals surface area contributed by atoms with Gasteiger partial charge in [0.2, 0.25) is 5.91 Å². The van der Waals surface area contributed by atoms with Crippen LogP contribution in [0.25, 0.3) is 11.1 Å². The number of carbonyl (C=O) groups is 1. The largest absolute Gasteiger partial charge is 0.497 e. The Labute approximate surface area is 217 Å². The maximum Gasteiger partial charge on any atom is 0.258 e. The fraction of sp³-hybridized carbons (Fsp3) is 0.226. The lowest BCUT2D eigenvalue weighted by Gasteiger charge is -2.31. The zero-order valence-electron chi connectivity index (χ0n) is 21.2. The zero-order chi connectivity index (χ0) is 25.8. The quantitative estimate of drug-likeness (QED) is 0.390. The van der Waals surface area contributed by atoms with Crippen LogP contribution in [-0.4, -0.2) is 29.0 Å². The zero-order valence-corrected chi connectivity index (χ0v) is 21.2. The fourth-order valence-electron chi connectivity index (χ4n) is 5.01. The van der Waals surface area contributed by atoms with Crippen molar-refractivity contribution in [1.82, 2.24) is 9.47 Å². The van der Waals surface area contributed by atoms with Crippen molar-refractivity contribution in [2.24, 2.45) is 0 Å². The first kappa shape index (κ1) is 24.5. The monoisotopic (exact) mass is 493 g/mol. The van der Waals surface area contributed by atoms with Crippen molar-refractivity contribution < 1.29 is 9.53 Å². The molecule has 1 aromatic heterocycles. The van der Waals surface area contributed by atoms with Gasteiger partial charge in [0.25, 0.3) is 5.56 Å². The molecule has 0 radical (unpaired) electrons. The number of hydrogen-bond donors (Lipinski definition) is 1. The summed E-state index contributed by atoms with van der Waals surface area (Å²) >= 11 is 0. The van der Waals surface area contributed by atoms with E-state index in [4.69, 9.17) is 4.74 Å². The molecule has 188 valence electrons. The SMILES string of the molecule is COc1cccc(Cn2c3c(cc(-c4ccccc4)c2=O)CN(Cc2ccc(NC(C)=O)cc2)CC3)c1. The highest BCUT2D eigenvalue weighted by atomic mass is 16.5. The number of carbonyl (C=O) groups excluding carboxylic acids is 1. The van der Waals surface area contributed by atoms with E-state index in [0.717, 1.165) is 59.9 Å². The van der Waals surface area contributed by atoms with Crippen LogP contribution in [0.15, 0.2) is 89.7 Å². The summed E-state index contributed by atoms with van der Waals surface area (Å²) < 4.78 is 7.36. The number of benzene rings is 3. The topological polar surface area (TPSA) is 63.6 Å². The molecule has 0 saturated heterocycles. The Morgan fingerprint density at radius 3 is 2.43 bits per heavy atom. The molecule has 6 nitrogen and oxygen atoms in total. The summed E-state index contributed by atoms with van der Waals surface area (Å²) in [7, 11) is 1.66. The molecule has 6 heteroatoms. The van der Waals surface area contributed by atoms with E-state index in [1.54, 1.807) is 7.11 Å². The first-order chi connectivity index (χ1) is 18.0. The minimum absolute atomic E-state index is 0.0368. The fourth-order valence-corrected chi connectivity index (χ4v) is 5.01. The third-order valence-corrected chi connectivity index (χ3v) is 6.79. The standard InChI is InChI=1S/C31H31N3O3/c1-22(35)32-27-13-11-23(12-14-27)19-33-16-15-30-26(21-33)18-29(25-8-4-3-5-9-25)31(36)34(30)20-24-7-6-10-28(17-24)37-2/h3-14,17-18H,15-16,19-21H2,1-2H3,(H,32,35). The Bertz CT molecular complexity index is 1460. The van der Waals surface area contributed by atoms with Crippen molar-refractivity contribution in [2.45, 2.75) is 33.0 Å². The van der Waals surface area contributed by atoms with Crippen LogP contribution in [0.5, 0.6) is 5.75 Å². The van der Waals surface area contributed by atoms with Crippen LogP contribution in [0.2, 0.25) is 0 Å². The van der Waals surface area contributed by atoms with Crippen LogP contribution in [0.1, 0.15) is 29.3 Å². The van der Waals surface area contributed by atoms with Gasteiger partial charge in [0.15, 0.2) is 0 Å². The van der Waals surface area contributed by atoms with E-state index in [-0.39, 0.29) is 11.5 Å². The highest BCUT2D eigenvalue weighted by Gasteiger charge is 2.23. The van der Waals surface area contributed by atoms with Crippen LogP contribution in [0.4, 0.5) is 5.69 Å². The lowest BCUT2D eigenvalue weighted by Crippen LogP contribution is -2.36. The van der Waals surface area contributed by atoms with E-state index in [9.17, 15) is 9.59 Å². The Hall–Kier alpha value is -4.16.